The molecule has 0 saturated carbocycles. The van der Waals surface area contributed by atoms with E-state index >= 15 is 0 Å². The largest absolute Gasteiger partial charge is 0.497 e. The van der Waals surface area contributed by atoms with Gasteiger partial charge in [-0.15, -0.1) is 0 Å². The number of carbonyl (C=O) groups is 2. The zero-order chi connectivity index (χ0) is 23.5. The molecule has 0 bridgehead atoms. The summed E-state index contributed by atoms with van der Waals surface area (Å²) in [7, 11) is 1.55. The Morgan fingerprint density at radius 1 is 1.06 bits per heavy atom. The number of hydrogen-bond donors (Lipinski definition) is 1. The summed E-state index contributed by atoms with van der Waals surface area (Å²) in [6, 6.07) is 15.9. The van der Waals surface area contributed by atoms with Gasteiger partial charge in [-0.1, -0.05) is 23.7 Å². The van der Waals surface area contributed by atoms with Crippen LogP contribution in [-0.2, 0) is 9.59 Å². The van der Waals surface area contributed by atoms with Gasteiger partial charge >= 0.3 is 0 Å². The van der Waals surface area contributed by atoms with Crippen LogP contribution in [0.25, 0.3) is 0 Å². The van der Waals surface area contributed by atoms with Crippen LogP contribution >= 0.6 is 11.6 Å². The normalized spacial score (nSPS) is 18.2. The smallest absolute Gasteiger partial charge is 0.229 e. The second-order valence-corrected chi connectivity index (χ2v) is 8.13. The van der Waals surface area contributed by atoms with Gasteiger partial charge in [0.1, 0.15) is 17.4 Å². The molecule has 5 nitrogen and oxygen atoms in total. The monoisotopic (exact) mass is 470 g/mol. The summed E-state index contributed by atoms with van der Waals surface area (Å²) < 4.78 is 32.4. The fourth-order valence-corrected chi connectivity index (χ4v) is 4.24. The van der Waals surface area contributed by atoms with Gasteiger partial charge in [0.2, 0.25) is 11.8 Å². The molecule has 0 aromatic heterocycles. The molecule has 0 aliphatic carbocycles. The molecule has 2 atom stereocenters. The van der Waals surface area contributed by atoms with E-state index in [1.807, 2.05) is 0 Å². The molecule has 0 radical (unpaired) electrons. The van der Waals surface area contributed by atoms with Crippen LogP contribution in [0, 0.1) is 17.6 Å². The van der Waals surface area contributed by atoms with Crippen LogP contribution in [0.2, 0.25) is 5.02 Å². The summed E-state index contributed by atoms with van der Waals surface area (Å²) in [5.41, 5.74) is 1.56. The maximum Gasteiger partial charge on any atom is 0.229 e. The first-order valence-electron chi connectivity index (χ1n) is 10.3. The second kappa shape index (κ2) is 9.58. The van der Waals surface area contributed by atoms with Gasteiger partial charge in [0.25, 0.3) is 0 Å². The van der Waals surface area contributed by atoms with E-state index in [1.54, 1.807) is 48.4 Å². The number of benzene rings is 3. The molecule has 0 spiro atoms. The highest BCUT2D eigenvalue weighted by Gasteiger charge is 2.41. The van der Waals surface area contributed by atoms with Crippen molar-refractivity contribution in [2.24, 2.45) is 5.92 Å². The Labute approximate surface area is 194 Å². The van der Waals surface area contributed by atoms with E-state index in [0.717, 1.165) is 0 Å². The molecular formula is C25H21ClF2N2O3. The Hall–Kier alpha value is -3.45. The van der Waals surface area contributed by atoms with Crippen LogP contribution in [0.5, 0.6) is 5.75 Å². The third kappa shape index (κ3) is 4.83. The molecule has 33 heavy (non-hydrogen) atoms. The molecule has 1 N–H and O–H groups in total. The number of amides is 2. The average molecular weight is 471 g/mol. The lowest BCUT2D eigenvalue weighted by atomic mass is 9.83. The number of nitrogens with zero attached hydrogens (tertiary/aromatic N) is 1. The lowest BCUT2D eigenvalue weighted by molar-refractivity contribution is -0.125. The average Bonchev–Trinajstić information content (AvgIpc) is 2.82. The minimum absolute atomic E-state index is 0.110. The summed E-state index contributed by atoms with van der Waals surface area (Å²) in [4.78, 5) is 27.9. The highest BCUT2D eigenvalue weighted by atomic mass is 35.5. The van der Waals surface area contributed by atoms with Crippen LogP contribution in [0.15, 0.2) is 66.7 Å². The van der Waals surface area contributed by atoms with E-state index in [4.69, 9.17) is 16.3 Å². The molecule has 170 valence electrons. The van der Waals surface area contributed by atoms with Crippen molar-refractivity contribution in [1.29, 1.82) is 0 Å². The lowest BCUT2D eigenvalue weighted by Crippen LogP contribution is -2.47. The van der Waals surface area contributed by atoms with Gasteiger partial charge < -0.3 is 15.0 Å². The van der Waals surface area contributed by atoms with Crippen molar-refractivity contribution in [3.05, 3.63) is 89.0 Å². The number of rotatable bonds is 5. The highest BCUT2D eigenvalue weighted by molar-refractivity contribution is 6.31. The minimum Gasteiger partial charge on any atom is -0.497 e. The van der Waals surface area contributed by atoms with Crippen molar-refractivity contribution in [3.8, 4) is 5.75 Å². The summed E-state index contributed by atoms with van der Waals surface area (Å²) >= 11 is 5.84. The third-order valence-electron chi connectivity index (χ3n) is 5.68. The van der Waals surface area contributed by atoms with Crippen molar-refractivity contribution in [2.75, 3.05) is 17.3 Å². The van der Waals surface area contributed by atoms with Crippen molar-refractivity contribution >= 4 is 34.8 Å². The number of hydrogen-bond acceptors (Lipinski definition) is 3. The first-order chi connectivity index (χ1) is 15.9. The number of methoxy groups -OCH3 is 1. The van der Waals surface area contributed by atoms with E-state index in [2.05, 4.69) is 5.32 Å². The number of halogens is 3. The maximum atomic E-state index is 13.6. The molecule has 1 saturated heterocycles. The molecule has 2 unspecified atom stereocenters. The quantitative estimate of drug-likeness (QED) is 0.516. The van der Waals surface area contributed by atoms with Crippen molar-refractivity contribution in [3.63, 3.8) is 0 Å². The molecule has 2 amide bonds. The summed E-state index contributed by atoms with van der Waals surface area (Å²) in [5.74, 6) is -1.52. The number of nitrogens with one attached hydrogen (secondary N) is 1. The number of anilines is 2. The first-order valence-corrected chi connectivity index (χ1v) is 10.7. The van der Waals surface area contributed by atoms with Gasteiger partial charge in [-0.2, -0.15) is 0 Å². The van der Waals surface area contributed by atoms with E-state index in [1.165, 1.54) is 30.3 Å². The molecule has 3 aromatic rings. The predicted molar refractivity (Wildman–Crippen MR) is 122 cm³/mol. The number of piperidine rings is 1. The molecule has 1 heterocycles. The predicted octanol–water partition coefficient (Wildman–Crippen LogP) is 5.75. The zero-order valence-electron chi connectivity index (χ0n) is 17.7. The van der Waals surface area contributed by atoms with Crippen molar-refractivity contribution in [1.82, 2.24) is 0 Å². The Bertz CT molecular complexity index is 1170. The minimum atomic E-state index is -0.670. The second-order valence-electron chi connectivity index (χ2n) is 7.72. The van der Waals surface area contributed by atoms with Gasteiger partial charge in [0, 0.05) is 17.8 Å². The Balaban J connectivity index is 1.72. The van der Waals surface area contributed by atoms with E-state index in [-0.39, 0.29) is 23.3 Å². The lowest BCUT2D eigenvalue weighted by Gasteiger charge is -2.41. The molecule has 4 rings (SSSR count). The van der Waals surface area contributed by atoms with Gasteiger partial charge in [0.05, 0.1) is 24.1 Å². The van der Waals surface area contributed by atoms with Gasteiger partial charge in [0.15, 0.2) is 0 Å². The Morgan fingerprint density at radius 2 is 1.76 bits per heavy atom. The Morgan fingerprint density at radius 3 is 2.39 bits per heavy atom. The van der Waals surface area contributed by atoms with Crippen molar-refractivity contribution < 1.29 is 23.1 Å². The van der Waals surface area contributed by atoms with E-state index in [0.29, 0.717) is 29.1 Å². The highest BCUT2D eigenvalue weighted by Crippen LogP contribution is 2.41. The topological polar surface area (TPSA) is 58.6 Å². The summed E-state index contributed by atoms with van der Waals surface area (Å²) in [6.45, 7) is 0. The maximum absolute atomic E-state index is 13.6. The van der Waals surface area contributed by atoms with Gasteiger partial charge in [-0.25, -0.2) is 8.78 Å². The first kappa shape index (κ1) is 22.7. The molecule has 8 heteroatoms. The molecule has 1 aliphatic rings. The van der Waals surface area contributed by atoms with Crippen LogP contribution in [0.4, 0.5) is 20.2 Å². The fraction of sp³-hybridized carbons (Fsp3) is 0.200. The molecule has 1 fully saturated rings. The zero-order valence-corrected chi connectivity index (χ0v) is 18.5. The SMILES string of the molecule is COc1ccc(N2C(=O)CCC(C(=O)Nc3ccc(F)c(Cl)c3)C2c2ccc(F)cc2)cc1. The van der Waals surface area contributed by atoms with E-state index in [9.17, 15) is 18.4 Å². The summed E-state index contributed by atoms with van der Waals surface area (Å²) in [5, 5.41) is 2.66. The summed E-state index contributed by atoms with van der Waals surface area (Å²) in [6.07, 6.45) is 0.459. The molecule has 1 aliphatic heterocycles. The van der Waals surface area contributed by atoms with Crippen LogP contribution in [0.3, 0.4) is 0 Å². The van der Waals surface area contributed by atoms with Gasteiger partial charge in [-0.05, 0) is 66.6 Å². The van der Waals surface area contributed by atoms with Crippen LogP contribution in [0.1, 0.15) is 24.4 Å². The third-order valence-corrected chi connectivity index (χ3v) is 5.97. The van der Waals surface area contributed by atoms with Crippen LogP contribution in [-0.4, -0.2) is 18.9 Å². The fourth-order valence-electron chi connectivity index (χ4n) is 4.06. The van der Waals surface area contributed by atoms with Crippen molar-refractivity contribution in [2.45, 2.75) is 18.9 Å². The standard InChI is InChI=1S/C25H21ClF2N2O3/c1-33-19-9-7-18(8-10-19)30-23(31)13-11-20(24(30)15-2-4-16(27)5-3-15)25(32)29-17-6-12-22(28)21(26)14-17/h2-10,12,14,20,24H,11,13H2,1H3,(H,29,32). The van der Waals surface area contributed by atoms with Crippen LogP contribution < -0.4 is 15.0 Å². The molecule has 3 aromatic carbocycles. The van der Waals surface area contributed by atoms with E-state index < -0.39 is 23.6 Å². The number of ether oxygens (including phenoxy) is 1. The Kier molecular flexibility index (Phi) is 6.60. The van der Waals surface area contributed by atoms with Gasteiger partial charge in [-0.3, -0.25) is 9.59 Å². The molecular weight excluding hydrogens is 450 g/mol. The number of carbonyl (C=O) groups excluding carboxylic acids is 2.